The minimum Gasteiger partial charge on any atom is -0.508 e. The molecule has 2 aromatic heterocycles. The zero-order valence-corrected chi connectivity index (χ0v) is 13.6. The number of ether oxygens (including phenoxy) is 1. The number of anilines is 1. The molecule has 1 fully saturated rings. The molecular weight excluding hydrogens is 349 g/mol. The van der Waals surface area contributed by atoms with Gasteiger partial charge in [-0.2, -0.15) is 13.2 Å². The number of benzene rings is 1. The minimum absolute atomic E-state index is 0.0546. The minimum atomic E-state index is -4.54. The Bertz CT molecular complexity index is 949. The molecule has 3 aromatic rings. The lowest BCUT2D eigenvalue weighted by molar-refractivity contribution is -0.140. The van der Waals surface area contributed by atoms with Gasteiger partial charge in [-0.15, -0.1) is 0 Å². The Morgan fingerprint density at radius 3 is 2.54 bits per heavy atom. The number of fused-ring (bicyclic) bond motifs is 1. The van der Waals surface area contributed by atoms with Crippen LogP contribution in [0.1, 0.15) is 5.69 Å². The second-order valence-electron chi connectivity index (χ2n) is 5.95. The third-order valence-corrected chi connectivity index (χ3v) is 4.16. The van der Waals surface area contributed by atoms with Crippen molar-refractivity contribution >= 4 is 11.5 Å². The molecule has 0 aliphatic carbocycles. The summed E-state index contributed by atoms with van der Waals surface area (Å²) in [7, 11) is 0. The molecule has 26 heavy (non-hydrogen) atoms. The van der Waals surface area contributed by atoms with Gasteiger partial charge in [-0.3, -0.25) is 0 Å². The molecule has 1 aliphatic rings. The first-order chi connectivity index (χ1) is 12.4. The summed E-state index contributed by atoms with van der Waals surface area (Å²) in [6.07, 6.45) is -2.11. The molecule has 0 bridgehead atoms. The van der Waals surface area contributed by atoms with Crippen LogP contribution in [-0.2, 0) is 10.9 Å². The first kappa shape index (κ1) is 16.6. The maximum atomic E-state index is 13.1. The van der Waals surface area contributed by atoms with E-state index in [0.717, 1.165) is 6.20 Å². The first-order valence-electron chi connectivity index (χ1n) is 8.01. The number of morpholine rings is 1. The number of aromatic hydroxyl groups is 1. The van der Waals surface area contributed by atoms with Crippen molar-refractivity contribution < 1.29 is 23.0 Å². The van der Waals surface area contributed by atoms with E-state index in [1.54, 1.807) is 12.1 Å². The van der Waals surface area contributed by atoms with Crippen molar-refractivity contribution in [3.8, 4) is 17.0 Å². The van der Waals surface area contributed by atoms with Gasteiger partial charge >= 0.3 is 6.18 Å². The Labute approximate surface area is 146 Å². The summed E-state index contributed by atoms with van der Waals surface area (Å²) < 4.78 is 46.0. The smallest absolute Gasteiger partial charge is 0.434 e. The highest BCUT2D eigenvalue weighted by Gasteiger charge is 2.35. The van der Waals surface area contributed by atoms with Crippen molar-refractivity contribution in [1.29, 1.82) is 0 Å². The summed E-state index contributed by atoms with van der Waals surface area (Å²) in [6.45, 7) is 1.97. The number of rotatable bonds is 2. The summed E-state index contributed by atoms with van der Waals surface area (Å²) in [4.78, 5) is 10.2. The average molecular weight is 364 g/mol. The summed E-state index contributed by atoms with van der Waals surface area (Å²) in [6, 6.07) is 6.42. The van der Waals surface area contributed by atoms with Crippen LogP contribution in [-0.4, -0.2) is 45.8 Å². The van der Waals surface area contributed by atoms with E-state index in [2.05, 4.69) is 9.97 Å². The van der Waals surface area contributed by atoms with Crippen LogP contribution in [0.4, 0.5) is 19.0 Å². The molecule has 4 rings (SSSR count). The number of aromatic nitrogens is 3. The fraction of sp³-hybridized carbons (Fsp3) is 0.294. The predicted molar refractivity (Wildman–Crippen MR) is 88.1 cm³/mol. The summed E-state index contributed by atoms with van der Waals surface area (Å²) in [5.41, 5.74) is 0.217. The van der Waals surface area contributed by atoms with Crippen molar-refractivity contribution in [1.82, 2.24) is 14.4 Å². The molecule has 6 nitrogen and oxygen atoms in total. The van der Waals surface area contributed by atoms with Crippen molar-refractivity contribution in [3.63, 3.8) is 0 Å². The fourth-order valence-electron chi connectivity index (χ4n) is 2.91. The number of imidazole rings is 1. The van der Waals surface area contributed by atoms with Crippen molar-refractivity contribution in [3.05, 3.63) is 42.4 Å². The largest absolute Gasteiger partial charge is 0.508 e. The Morgan fingerprint density at radius 1 is 1.08 bits per heavy atom. The van der Waals surface area contributed by atoms with E-state index in [1.165, 1.54) is 22.7 Å². The van der Waals surface area contributed by atoms with E-state index in [1.807, 2.05) is 4.90 Å². The standard InChI is InChI=1S/C17H15F3N4O2/c18-17(19,20)14-10-24-9-13(11-2-1-3-12(25)8-11)21-15(16(24)22-14)23-4-6-26-7-5-23/h1-3,8-10,25H,4-7H2. The van der Waals surface area contributed by atoms with E-state index in [0.29, 0.717) is 43.4 Å². The molecule has 1 aromatic carbocycles. The number of phenolic OH excluding ortho intramolecular Hbond substituents is 1. The van der Waals surface area contributed by atoms with Gasteiger partial charge in [0.2, 0.25) is 0 Å². The van der Waals surface area contributed by atoms with E-state index in [4.69, 9.17) is 4.74 Å². The highest BCUT2D eigenvalue weighted by atomic mass is 19.4. The quantitative estimate of drug-likeness (QED) is 0.758. The van der Waals surface area contributed by atoms with Crippen molar-refractivity contribution in [2.24, 2.45) is 0 Å². The lowest BCUT2D eigenvalue weighted by atomic mass is 10.1. The van der Waals surface area contributed by atoms with Gasteiger partial charge in [-0.05, 0) is 12.1 Å². The number of phenols is 1. The van der Waals surface area contributed by atoms with Crippen LogP contribution in [0.15, 0.2) is 36.7 Å². The zero-order chi connectivity index (χ0) is 18.3. The molecule has 0 saturated carbocycles. The molecule has 136 valence electrons. The molecule has 0 unspecified atom stereocenters. The summed E-state index contributed by atoms with van der Waals surface area (Å²) in [5.74, 6) is 0.420. The van der Waals surface area contributed by atoms with E-state index >= 15 is 0 Å². The summed E-state index contributed by atoms with van der Waals surface area (Å²) in [5, 5.41) is 9.69. The first-order valence-corrected chi connectivity index (χ1v) is 8.01. The molecule has 1 aliphatic heterocycles. The predicted octanol–water partition coefficient (Wildman–Crippen LogP) is 2.96. The Kier molecular flexibility index (Phi) is 3.95. The second-order valence-corrected chi connectivity index (χ2v) is 5.95. The molecule has 0 atom stereocenters. The Balaban J connectivity index is 1.91. The highest BCUT2D eigenvalue weighted by molar-refractivity contribution is 5.71. The fourth-order valence-corrected chi connectivity index (χ4v) is 2.91. The van der Waals surface area contributed by atoms with E-state index in [-0.39, 0.29) is 11.4 Å². The van der Waals surface area contributed by atoms with Gasteiger partial charge in [0.25, 0.3) is 0 Å². The van der Waals surface area contributed by atoms with Crippen LogP contribution in [0, 0.1) is 0 Å². The zero-order valence-electron chi connectivity index (χ0n) is 13.6. The Hall–Kier alpha value is -2.81. The molecule has 0 radical (unpaired) electrons. The van der Waals surface area contributed by atoms with Crippen LogP contribution in [0.2, 0.25) is 0 Å². The molecular formula is C17H15F3N4O2. The maximum Gasteiger partial charge on any atom is 0.434 e. The molecule has 3 heterocycles. The SMILES string of the molecule is Oc1cccc(-c2cn3cc(C(F)(F)F)nc3c(N3CCOCC3)n2)c1. The number of alkyl halides is 3. The highest BCUT2D eigenvalue weighted by Crippen LogP contribution is 2.32. The lowest BCUT2D eigenvalue weighted by Crippen LogP contribution is -2.37. The van der Waals surface area contributed by atoms with Gasteiger partial charge < -0.3 is 19.1 Å². The van der Waals surface area contributed by atoms with Gasteiger partial charge in [0.15, 0.2) is 17.2 Å². The van der Waals surface area contributed by atoms with Crippen molar-refractivity contribution in [2.75, 3.05) is 31.2 Å². The van der Waals surface area contributed by atoms with Gasteiger partial charge in [0.1, 0.15) is 5.75 Å². The van der Waals surface area contributed by atoms with Crippen LogP contribution in [0.3, 0.4) is 0 Å². The van der Waals surface area contributed by atoms with Crippen molar-refractivity contribution in [2.45, 2.75) is 6.18 Å². The van der Waals surface area contributed by atoms with Gasteiger partial charge in [0, 0.05) is 31.0 Å². The van der Waals surface area contributed by atoms with E-state index in [9.17, 15) is 18.3 Å². The molecule has 1 N–H and O–H groups in total. The topological polar surface area (TPSA) is 62.9 Å². The number of nitrogens with zero attached hydrogens (tertiary/aromatic N) is 4. The third-order valence-electron chi connectivity index (χ3n) is 4.16. The molecule has 9 heteroatoms. The van der Waals surface area contributed by atoms with Gasteiger partial charge in [0.05, 0.1) is 18.9 Å². The number of halogens is 3. The Morgan fingerprint density at radius 2 is 1.85 bits per heavy atom. The number of hydrogen-bond donors (Lipinski definition) is 1. The molecule has 1 saturated heterocycles. The molecule has 0 amide bonds. The third kappa shape index (κ3) is 3.05. The lowest BCUT2D eigenvalue weighted by Gasteiger charge is -2.28. The van der Waals surface area contributed by atoms with Crippen LogP contribution in [0.25, 0.3) is 16.9 Å². The average Bonchev–Trinajstić information content (AvgIpc) is 3.06. The maximum absolute atomic E-state index is 13.1. The van der Waals surface area contributed by atoms with Gasteiger partial charge in [-0.1, -0.05) is 12.1 Å². The van der Waals surface area contributed by atoms with E-state index < -0.39 is 11.9 Å². The summed E-state index contributed by atoms with van der Waals surface area (Å²) >= 11 is 0. The van der Waals surface area contributed by atoms with Crippen LogP contribution in [0.5, 0.6) is 5.75 Å². The van der Waals surface area contributed by atoms with Gasteiger partial charge in [-0.25, -0.2) is 9.97 Å². The number of hydrogen-bond acceptors (Lipinski definition) is 5. The normalized spacial score (nSPS) is 15.6. The molecule has 0 spiro atoms. The monoisotopic (exact) mass is 364 g/mol. The second kappa shape index (κ2) is 6.17. The van der Waals surface area contributed by atoms with Crippen LogP contribution >= 0.6 is 0 Å². The van der Waals surface area contributed by atoms with Crippen LogP contribution < -0.4 is 4.90 Å².